The number of nitrogens with one attached hydrogen (secondary N) is 1. The Morgan fingerprint density at radius 2 is 1.96 bits per heavy atom. The Balaban J connectivity index is 1.75. The molecule has 1 N–H and O–H groups in total. The predicted octanol–water partition coefficient (Wildman–Crippen LogP) is 3.33. The largest absolute Gasteiger partial charge is 0.345 e. The molecule has 2 heterocycles. The molecule has 0 aliphatic rings. The van der Waals surface area contributed by atoms with Crippen LogP contribution in [0.25, 0.3) is 5.69 Å². The fourth-order valence-corrected chi connectivity index (χ4v) is 2.98. The van der Waals surface area contributed by atoms with Gasteiger partial charge < -0.3 is 5.32 Å². The molecular weight excluding hydrogens is 326 g/mol. The number of rotatable bonds is 5. The molecule has 0 saturated heterocycles. The molecule has 0 spiro atoms. The van der Waals surface area contributed by atoms with Crippen molar-refractivity contribution in [3.63, 3.8) is 0 Å². The number of amides is 1. The van der Waals surface area contributed by atoms with Crippen molar-refractivity contribution in [2.75, 3.05) is 0 Å². The third-order valence-electron chi connectivity index (χ3n) is 4.37. The van der Waals surface area contributed by atoms with Crippen LogP contribution in [-0.2, 0) is 6.42 Å². The van der Waals surface area contributed by atoms with Crippen molar-refractivity contribution in [1.82, 2.24) is 25.1 Å². The van der Waals surface area contributed by atoms with E-state index in [-0.39, 0.29) is 11.9 Å². The fraction of sp³-hybridized carbons (Fsp3) is 0.300. The van der Waals surface area contributed by atoms with Crippen LogP contribution in [0.1, 0.15) is 52.9 Å². The Hall–Kier alpha value is -3.02. The maximum Gasteiger partial charge on any atom is 0.255 e. The highest BCUT2D eigenvalue weighted by molar-refractivity contribution is 5.95. The molecule has 0 fully saturated rings. The summed E-state index contributed by atoms with van der Waals surface area (Å²) in [5, 5.41) is 7.52. The fourth-order valence-electron chi connectivity index (χ4n) is 2.98. The van der Waals surface area contributed by atoms with Gasteiger partial charge in [-0.25, -0.2) is 14.6 Å². The van der Waals surface area contributed by atoms with Gasteiger partial charge in [-0.2, -0.15) is 5.10 Å². The molecule has 3 aromatic rings. The maximum absolute atomic E-state index is 12.5. The van der Waals surface area contributed by atoms with E-state index in [1.165, 1.54) is 6.33 Å². The van der Waals surface area contributed by atoms with Gasteiger partial charge in [-0.3, -0.25) is 4.79 Å². The van der Waals surface area contributed by atoms with E-state index in [1.807, 2.05) is 62.7 Å². The lowest BCUT2D eigenvalue weighted by Crippen LogP contribution is -2.28. The van der Waals surface area contributed by atoms with Crippen molar-refractivity contribution in [3.8, 4) is 5.69 Å². The molecule has 6 heteroatoms. The Morgan fingerprint density at radius 3 is 2.58 bits per heavy atom. The number of nitrogens with zero attached hydrogens (tertiary/aromatic N) is 4. The Morgan fingerprint density at radius 1 is 1.23 bits per heavy atom. The summed E-state index contributed by atoms with van der Waals surface area (Å²) in [5.41, 5.74) is 5.39. The molecular formula is C20H23N5O. The molecule has 1 aromatic carbocycles. The minimum Gasteiger partial charge on any atom is -0.345 e. The topological polar surface area (TPSA) is 72.7 Å². The van der Waals surface area contributed by atoms with Gasteiger partial charge in [0.25, 0.3) is 5.91 Å². The molecule has 0 aliphatic heterocycles. The molecule has 6 nitrogen and oxygen atoms in total. The van der Waals surface area contributed by atoms with Crippen LogP contribution >= 0.6 is 0 Å². The van der Waals surface area contributed by atoms with Crippen LogP contribution in [0.3, 0.4) is 0 Å². The van der Waals surface area contributed by atoms with Crippen LogP contribution in [0.15, 0.2) is 42.9 Å². The molecule has 0 bridgehead atoms. The molecule has 0 aliphatic carbocycles. The van der Waals surface area contributed by atoms with Gasteiger partial charge in [0.15, 0.2) is 0 Å². The molecule has 0 unspecified atom stereocenters. The Labute approximate surface area is 153 Å². The second-order valence-electron chi connectivity index (χ2n) is 6.36. The van der Waals surface area contributed by atoms with Gasteiger partial charge in [-0.1, -0.05) is 19.1 Å². The van der Waals surface area contributed by atoms with Crippen molar-refractivity contribution < 1.29 is 4.79 Å². The highest BCUT2D eigenvalue weighted by atomic mass is 16.1. The molecule has 1 amide bonds. The molecule has 2 aromatic heterocycles. The summed E-state index contributed by atoms with van der Waals surface area (Å²) in [7, 11) is 0. The number of aromatic nitrogens is 4. The standard InChI is InChI=1S/C20H23N5O/c1-5-19-18(11-21-12-22-19)20(26)23-15(4)16-6-8-17(9-7-16)25-14(3)10-13(2)24-25/h6-12,15H,5H2,1-4H3,(H,23,26)/t15-/m0/s1. The summed E-state index contributed by atoms with van der Waals surface area (Å²) in [6.45, 7) is 7.95. The third kappa shape index (κ3) is 3.64. The van der Waals surface area contributed by atoms with Crippen LogP contribution in [0.4, 0.5) is 0 Å². The minimum atomic E-state index is -0.155. The van der Waals surface area contributed by atoms with Crippen molar-refractivity contribution in [2.45, 2.75) is 40.2 Å². The van der Waals surface area contributed by atoms with Crippen molar-refractivity contribution >= 4 is 5.91 Å². The zero-order valence-electron chi connectivity index (χ0n) is 15.5. The maximum atomic E-state index is 12.5. The average molecular weight is 349 g/mol. The van der Waals surface area contributed by atoms with Gasteiger partial charge in [0, 0.05) is 11.9 Å². The molecule has 0 radical (unpaired) electrons. The van der Waals surface area contributed by atoms with E-state index in [1.54, 1.807) is 6.20 Å². The summed E-state index contributed by atoms with van der Waals surface area (Å²) in [4.78, 5) is 20.7. The third-order valence-corrected chi connectivity index (χ3v) is 4.37. The van der Waals surface area contributed by atoms with E-state index in [0.717, 1.165) is 28.3 Å². The van der Waals surface area contributed by atoms with Gasteiger partial charge in [0.1, 0.15) is 6.33 Å². The highest BCUT2D eigenvalue weighted by Crippen LogP contribution is 2.18. The average Bonchev–Trinajstić information content (AvgIpc) is 2.99. The van der Waals surface area contributed by atoms with Crippen LogP contribution in [0, 0.1) is 13.8 Å². The monoisotopic (exact) mass is 349 g/mol. The summed E-state index contributed by atoms with van der Waals surface area (Å²) in [6, 6.07) is 9.98. The van der Waals surface area contributed by atoms with Gasteiger partial charge in [0.05, 0.1) is 28.7 Å². The molecule has 1 atom stereocenters. The smallest absolute Gasteiger partial charge is 0.255 e. The molecule has 134 valence electrons. The summed E-state index contributed by atoms with van der Waals surface area (Å²) in [6.07, 6.45) is 3.73. The van der Waals surface area contributed by atoms with Crippen LogP contribution in [0.5, 0.6) is 0 Å². The van der Waals surface area contributed by atoms with Gasteiger partial charge in [-0.05, 0) is 51.0 Å². The number of hydrogen-bond donors (Lipinski definition) is 1. The first-order chi connectivity index (χ1) is 12.5. The zero-order valence-corrected chi connectivity index (χ0v) is 15.5. The lowest BCUT2D eigenvalue weighted by molar-refractivity contribution is 0.0938. The number of benzene rings is 1. The summed E-state index contributed by atoms with van der Waals surface area (Å²) in [5.74, 6) is -0.155. The van der Waals surface area contributed by atoms with E-state index in [9.17, 15) is 4.79 Å². The molecule has 3 rings (SSSR count). The second-order valence-corrected chi connectivity index (χ2v) is 6.36. The Kier molecular flexibility index (Phi) is 5.11. The van der Waals surface area contributed by atoms with Gasteiger partial charge in [-0.15, -0.1) is 0 Å². The summed E-state index contributed by atoms with van der Waals surface area (Å²) >= 11 is 0. The quantitative estimate of drug-likeness (QED) is 0.767. The second kappa shape index (κ2) is 7.47. The first-order valence-electron chi connectivity index (χ1n) is 8.73. The molecule has 0 saturated carbocycles. The first kappa shape index (κ1) is 17.8. The zero-order chi connectivity index (χ0) is 18.7. The van der Waals surface area contributed by atoms with Crippen molar-refractivity contribution in [1.29, 1.82) is 0 Å². The lowest BCUT2D eigenvalue weighted by Gasteiger charge is -2.16. The van der Waals surface area contributed by atoms with Crippen molar-refractivity contribution in [3.05, 3.63) is 71.1 Å². The lowest BCUT2D eigenvalue weighted by atomic mass is 10.1. The van der Waals surface area contributed by atoms with Crippen LogP contribution < -0.4 is 5.32 Å². The van der Waals surface area contributed by atoms with Crippen molar-refractivity contribution in [2.24, 2.45) is 0 Å². The number of carbonyl (C=O) groups excluding carboxylic acids is 1. The van der Waals surface area contributed by atoms with Crippen LogP contribution in [0.2, 0.25) is 0 Å². The van der Waals surface area contributed by atoms with Gasteiger partial charge in [0.2, 0.25) is 0 Å². The Bertz CT molecular complexity index is 914. The van der Waals surface area contributed by atoms with Gasteiger partial charge >= 0.3 is 0 Å². The van der Waals surface area contributed by atoms with E-state index in [2.05, 4.69) is 20.4 Å². The van der Waals surface area contributed by atoms with E-state index >= 15 is 0 Å². The summed E-state index contributed by atoms with van der Waals surface area (Å²) < 4.78 is 1.91. The number of aryl methyl sites for hydroxylation is 3. The molecule has 26 heavy (non-hydrogen) atoms. The predicted molar refractivity (Wildman–Crippen MR) is 100 cm³/mol. The van der Waals surface area contributed by atoms with E-state index in [0.29, 0.717) is 12.0 Å². The number of carbonyl (C=O) groups is 1. The SMILES string of the molecule is CCc1ncncc1C(=O)N[C@@H](C)c1ccc(-n2nc(C)cc2C)cc1. The van der Waals surface area contributed by atoms with E-state index < -0.39 is 0 Å². The van der Waals surface area contributed by atoms with E-state index in [4.69, 9.17) is 0 Å². The first-order valence-corrected chi connectivity index (χ1v) is 8.73. The normalized spacial score (nSPS) is 12.0. The number of hydrogen-bond acceptors (Lipinski definition) is 4. The minimum absolute atomic E-state index is 0.123. The van der Waals surface area contributed by atoms with Crippen LogP contribution in [-0.4, -0.2) is 25.7 Å². The highest BCUT2D eigenvalue weighted by Gasteiger charge is 2.15.